The Morgan fingerprint density at radius 2 is 1.79 bits per heavy atom. The molecule has 0 unspecified atom stereocenters. The first-order valence-corrected chi connectivity index (χ1v) is 13.1. The lowest BCUT2D eigenvalue weighted by molar-refractivity contribution is 0.279. The second kappa shape index (κ2) is 9.08. The van der Waals surface area contributed by atoms with Crippen molar-refractivity contribution in [3.63, 3.8) is 0 Å². The maximum Gasteiger partial charge on any atom is 0.216 e. The highest BCUT2D eigenvalue weighted by atomic mass is 16.5. The third kappa shape index (κ3) is 4.85. The average Bonchev–Trinajstić information content (AvgIpc) is 3.49. The number of ether oxygens (including phenoxy) is 1. The summed E-state index contributed by atoms with van der Waals surface area (Å²) in [5, 5.41) is 1.72. The van der Waals surface area contributed by atoms with Gasteiger partial charge in [0, 0.05) is 36.3 Å². The van der Waals surface area contributed by atoms with Gasteiger partial charge in [0.05, 0.1) is 12.6 Å². The second-order valence-electron chi connectivity index (χ2n) is 12.2. The molecule has 3 aromatic carbocycles. The van der Waals surface area contributed by atoms with Crippen LogP contribution < -0.4 is 0 Å². The van der Waals surface area contributed by atoms with Gasteiger partial charge in [-0.25, -0.2) is 4.99 Å². The van der Waals surface area contributed by atoms with Gasteiger partial charge in [0.2, 0.25) is 5.90 Å². The third-order valence-electron chi connectivity index (χ3n) is 6.90. The first kappa shape index (κ1) is 18.4. The summed E-state index contributed by atoms with van der Waals surface area (Å²) in [5.41, 5.74) is 3.26. The number of rotatable bonds is 4. The summed E-state index contributed by atoms with van der Waals surface area (Å²) in [4.78, 5) is 9.22. The Balaban J connectivity index is 1.55. The number of hydrogen-bond donors (Lipinski definition) is 0. The van der Waals surface area contributed by atoms with Crippen LogP contribution in [0, 0.1) is 19.1 Å². The van der Waals surface area contributed by atoms with E-state index in [0.717, 1.165) is 16.3 Å². The zero-order valence-corrected chi connectivity index (χ0v) is 22.9. The number of furan rings is 1. The van der Waals surface area contributed by atoms with Crippen LogP contribution in [0.3, 0.4) is 0 Å². The minimum Gasteiger partial charge on any atom is -0.475 e. The van der Waals surface area contributed by atoms with E-state index >= 15 is 0 Å². The molecule has 1 aliphatic heterocycles. The summed E-state index contributed by atoms with van der Waals surface area (Å²) in [7, 11) is 0. The van der Waals surface area contributed by atoms with Crippen molar-refractivity contribution in [3.05, 3.63) is 89.1 Å². The van der Waals surface area contributed by atoms with Crippen LogP contribution in [0.4, 0.5) is 0 Å². The summed E-state index contributed by atoms with van der Waals surface area (Å²) in [6, 6.07) is 16.2. The molecular weight excluding hydrogens is 480 g/mol. The van der Waals surface area contributed by atoms with Gasteiger partial charge in [0.25, 0.3) is 0 Å². The normalized spacial score (nSPS) is 18.4. The lowest BCUT2D eigenvalue weighted by Gasteiger charge is -2.19. The molecule has 0 radical (unpaired) electrons. The van der Waals surface area contributed by atoms with Gasteiger partial charge < -0.3 is 9.15 Å². The van der Waals surface area contributed by atoms with Gasteiger partial charge in [-0.05, 0) is 97.5 Å². The van der Waals surface area contributed by atoms with Gasteiger partial charge in [-0.3, -0.25) is 4.98 Å². The summed E-state index contributed by atoms with van der Waals surface area (Å²) < 4.78 is 71.1. The lowest BCUT2D eigenvalue weighted by Crippen LogP contribution is -2.17. The Morgan fingerprint density at radius 3 is 2.54 bits per heavy atom. The minimum absolute atomic E-state index is 0.0507. The van der Waals surface area contributed by atoms with Crippen molar-refractivity contribution in [3.8, 4) is 22.4 Å². The molecule has 5 aromatic rings. The quantitative estimate of drug-likeness (QED) is 0.236. The number of para-hydroxylation sites is 1. The van der Waals surface area contributed by atoms with E-state index < -0.39 is 13.7 Å². The van der Waals surface area contributed by atoms with E-state index in [4.69, 9.17) is 18.7 Å². The first-order valence-electron chi connectivity index (χ1n) is 16.6. The van der Waals surface area contributed by atoms with E-state index in [0.29, 0.717) is 46.9 Å². The maximum atomic E-state index is 8.98. The molecule has 3 heterocycles. The third-order valence-corrected chi connectivity index (χ3v) is 6.90. The highest BCUT2D eigenvalue weighted by molar-refractivity contribution is 6.11. The van der Waals surface area contributed by atoms with Crippen LogP contribution in [0.15, 0.2) is 76.2 Å². The fraction of sp³-hybridized carbons (Fsp3) is 0.314. The van der Waals surface area contributed by atoms with Gasteiger partial charge in [0.15, 0.2) is 0 Å². The predicted molar refractivity (Wildman–Crippen MR) is 162 cm³/mol. The molecule has 0 amide bonds. The predicted octanol–water partition coefficient (Wildman–Crippen LogP) is 9.08. The Kier molecular flexibility index (Phi) is 4.28. The van der Waals surface area contributed by atoms with Gasteiger partial charge in [-0.2, -0.15) is 0 Å². The van der Waals surface area contributed by atoms with E-state index in [1.165, 1.54) is 6.20 Å². The molecule has 39 heavy (non-hydrogen) atoms. The van der Waals surface area contributed by atoms with Crippen LogP contribution in [-0.4, -0.2) is 23.0 Å². The Bertz CT molecular complexity index is 2030. The topological polar surface area (TPSA) is 47.6 Å². The van der Waals surface area contributed by atoms with E-state index in [9.17, 15) is 0 Å². The van der Waals surface area contributed by atoms with Crippen molar-refractivity contribution in [2.24, 2.45) is 10.4 Å². The first-order chi connectivity index (χ1) is 21.3. The summed E-state index contributed by atoms with van der Waals surface area (Å²) >= 11 is 0. The van der Waals surface area contributed by atoms with Gasteiger partial charge in [-0.15, -0.1) is 0 Å². The minimum atomic E-state index is -2.61. The molecule has 4 nitrogen and oxygen atoms in total. The van der Waals surface area contributed by atoms with E-state index in [1.807, 2.05) is 71.0 Å². The van der Waals surface area contributed by atoms with Crippen LogP contribution in [0.25, 0.3) is 44.3 Å². The molecule has 2 aromatic heterocycles. The standard InChI is InChI=1S/C35H36N2O2/c1-21-15-23(18-34(3,4)5)11-13-25(21)29-17-30(36-19-22(29)2)28-10-8-9-27-26-14-12-24(16-31(26)39-32(27)28)33-37-35(6,7)20-38-33/h8-17,19H,18,20H2,1-7H3/i1D3,2D3,13D. The number of pyridine rings is 1. The van der Waals surface area contributed by atoms with Gasteiger partial charge in [0.1, 0.15) is 17.8 Å². The zero-order valence-electron chi connectivity index (χ0n) is 29.9. The molecule has 0 atom stereocenters. The van der Waals surface area contributed by atoms with Crippen LogP contribution in [-0.2, 0) is 11.2 Å². The molecule has 0 saturated heterocycles. The smallest absolute Gasteiger partial charge is 0.216 e. The number of benzene rings is 3. The lowest BCUT2D eigenvalue weighted by atomic mass is 9.86. The number of hydrogen-bond acceptors (Lipinski definition) is 4. The number of nitrogens with zero attached hydrogens (tertiary/aromatic N) is 2. The van der Waals surface area contributed by atoms with Crippen molar-refractivity contribution in [2.75, 3.05) is 6.61 Å². The van der Waals surface area contributed by atoms with Gasteiger partial charge >= 0.3 is 0 Å². The zero-order chi connectivity index (χ0) is 33.4. The Hall–Kier alpha value is -3.92. The molecule has 6 rings (SSSR count). The number of fused-ring (bicyclic) bond motifs is 3. The van der Waals surface area contributed by atoms with Crippen molar-refractivity contribution in [2.45, 2.75) is 60.3 Å². The number of aryl methyl sites for hydroxylation is 2. The number of aliphatic imine (C=N–C) groups is 1. The fourth-order valence-corrected chi connectivity index (χ4v) is 5.15. The van der Waals surface area contributed by atoms with Crippen LogP contribution in [0.5, 0.6) is 0 Å². The molecule has 0 fully saturated rings. The highest BCUT2D eigenvalue weighted by Gasteiger charge is 2.27. The molecule has 0 N–H and O–H groups in total. The monoisotopic (exact) mass is 523 g/mol. The summed E-state index contributed by atoms with van der Waals surface area (Å²) in [6.45, 7) is 5.44. The molecule has 0 saturated carbocycles. The van der Waals surface area contributed by atoms with E-state index in [1.54, 1.807) is 18.2 Å². The van der Waals surface area contributed by atoms with Crippen molar-refractivity contribution >= 4 is 27.8 Å². The number of aromatic nitrogens is 1. The molecule has 0 spiro atoms. The van der Waals surface area contributed by atoms with Crippen molar-refractivity contribution in [1.29, 1.82) is 0 Å². The highest BCUT2D eigenvalue weighted by Crippen LogP contribution is 2.38. The average molecular weight is 524 g/mol. The van der Waals surface area contributed by atoms with Crippen molar-refractivity contribution in [1.82, 2.24) is 4.98 Å². The van der Waals surface area contributed by atoms with Crippen molar-refractivity contribution < 1.29 is 18.7 Å². The largest absolute Gasteiger partial charge is 0.475 e. The maximum absolute atomic E-state index is 8.98. The van der Waals surface area contributed by atoms with Crippen LogP contribution in [0.1, 0.15) is 66.5 Å². The molecule has 4 heteroatoms. The Morgan fingerprint density at radius 1 is 0.949 bits per heavy atom. The van der Waals surface area contributed by atoms with E-state index in [-0.39, 0.29) is 39.3 Å². The molecular formula is C35H36N2O2. The fourth-order valence-electron chi connectivity index (χ4n) is 5.15. The summed E-state index contributed by atoms with van der Waals surface area (Å²) in [5.74, 6) is 0.559. The second-order valence-corrected chi connectivity index (χ2v) is 12.2. The molecule has 1 aliphatic rings. The Labute approximate surface area is 240 Å². The summed E-state index contributed by atoms with van der Waals surface area (Å²) in [6.07, 6.45) is 1.82. The molecule has 0 bridgehead atoms. The van der Waals surface area contributed by atoms with E-state index in [2.05, 4.69) is 9.98 Å². The SMILES string of the molecule is [2H]c1cc(CC(C)(C)C)cc(C([2H])([2H])[2H])c1-c1cc(-c2cccc3c2oc2cc(C4=NC(C)(C)CO4)ccc23)ncc1C([2H])([2H])[2H]. The van der Waals surface area contributed by atoms with Gasteiger partial charge in [-0.1, -0.05) is 51.1 Å². The molecule has 198 valence electrons. The van der Waals surface area contributed by atoms with Crippen LogP contribution >= 0.6 is 0 Å². The molecule has 0 aliphatic carbocycles. The van der Waals surface area contributed by atoms with Crippen LogP contribution in [0.2, 0.25) is 0 Å².